The van der Waals surface area contributed by atoms with E-state index in [1.807, 2.05) is 0 Å². The first kappa shape index (κ1) is 27.6. The Morgan fingerprint density at radius 1 is 1.24 bits per heavy atom. The molecule has 202 valence electrons. The first-order valence-electron chi connectivity index (χ1n) is 11.1. The molecule has 14 heteroatoms. The summed E-state index contributed by atoms with van der Waals surface area (Å²) in [6.45, 7) is -0.269. The van der Waals surface area contributed by atoms with E-state index in [1.165, 1.54) is 52.6 Å². The standard InChI is InChI=1S/C24H20Cl2F4N4O4/c1-14-23(10-33-13-31-12-32-33,18-7-4-16(25)8-19(18)26)38-20(35)9-34(14)21(36)15-2-5-17(6-3-15)37-11-24(29,30)22(27)28/h2-8,12-14,22H,9-11H2,1H3/t14?,23-/m1/s1. The van der Waals surface area contributed by atoms with Crippen molar-refractivity contribution >= 4 is 35.1 Å². The maximum atomic E-state index is 13.5. The van der Waals surface area contributed by atoms with Gasteiger partial charge in [0, 0.05) is 21.2 Å². The molecular formula is C24H20Cl2F4N4O4. The molecular weight excluding hydrogens is 555 g/mol. The largest absolute Gasteiger partial charge is 0.487 e. The van der Waals surface area contributed by atoms with Crippen LogP contribution in [0.5, 0.6) is 5.75 Å². The molecule has 0 N–H and O–H groups in total. The number of nitrogens with zero attached hydrogens (tertiary/aromatic N) is 4. The Hall–Kier alpha value is -3.38. The second-order valence-electron chi connectivity index (χ2n) is 8.56. The fraction of sp³-hybridized carbons (Fsp3) is 0.333. The number of aromatic nitrogens is 3. The van der Waals surface area contributed by atoms with Gasteiger partial charge in [-0.15, -0.1) is 0 Å². The molecule has 0 saturated carbocycles. The predicted molar refractivity (Wildman–Crippen MR) is 128 cm³/mol. The molecule has 2 aromatic carbocycles. The van der Waals surface area contributed by atoms with Gasteiger partial charge in [0.2, 0.25) is 0 Å². The number of halogens is 6. The second-order valence-corrected chi connectivity index (χ2v) is 9.41. The topological polar surface area (TPSA) is 86.5 Å². The molecule has 0 spiro atoms. The van der Waals surface area contributed by atoms with Gasteiger partial charge in [0.05, 0.1) is 12.6 Å². The lowest BCUT2D eigenvalue weighted by atomic mass is 9.84. The summed E-state index contributed by atoms with van der Waals surface area (Å²) in [6.07, 6.45) is -1.16. The van der Waals surface area contributed by atoms with Crippen molar-refractivity contribution in [2.75, 3.05) is 13.2 Å². The first-order chi connectivity index (χ1) is 17.9. The lowest BCUT2D eigenvalue weighted by Gasteiger charge is -2.47. The van der Waals surface area contributed by atoms with E-state index in [1.54, 1.807) is 19.1 Å². The number of alkyl halides is 4. The molecule has 1 aromatic heterocycles. The smallest absolute Gasteiger partial charge is 0.340 e. The van der Waals surface area contributed by atoms with Gasteiger partial charge in [-0.1, -0.05) is 29.3 Å². The van der Waals surface area contributed by atoms with Gasteiger partial charge in [0.15, 0.2) is 12.2 Å². The van der Waals surface area contributed by atoms with Crippen LogP contribution in [0, 0.1) is 0 Å². The van der Waals surface area contributed by atoms with Crippen LogP contribution in [0.3, 0.4) is 0 Å². The molecule has 1 amide bonds. The summed E-state index contributed by atoms with van der Waals surface area (Å²) in [5.41, 5.74) is -0.998. The van der Waals surface area contributed by atoms with Crippen molar-refractivity contribution in [1.82, 2.24) is 19.7 Å². The van der Waals surface area contributed by atoms with Gasteiger partial charge < -0.3 is 14.4 Å². The van der Waals surface area contributed by atoms with E-state index in [2.05, 4.69) is 10.1 Å². The van der Waals surface area contributed by atoms with Crippen LogP contribution in [0.15, 0.2) is 55.1 Å². The van der Waals surface area contributed by atoms with Crippen molar-refractivity contribution in [3.05, 3.63) is 76.3 Å². The SMILES string of the molecule is CC1N(C(=O)c2ccc(OCC(F)(F)C(F)F)cc2)CC(=O)O[C@@]1(Cn1cncn1)c1ccc(Cl)cc1Cl. The zero-order valence-electron chi connectivity index (χ0n) is 19.7. The van der Waals surface area contributed by atoms with Crippen molar-refractivity contribution in [2.45, 2.75) is 37.5 Å². The number of hydrogen-bond donors (Lipinski definition) is 0. The van der Waals surface area contributed by atoms with Crippen molar-refractivity contribution < 1.29 is 36.6 Å². The van der Waals surface area contributed by atoms with Gasteiger partial charge in [-0.05, 0) is 43.3 Å². The molecule has 0 radical (unpaired) electrons. The molecule has 4 rings (SSSR count). The quantitative estimate of drug-likeness (QED) is 0.282. The summed E-state index contributed by atoms with van der Waals surface area (Å²) >= 11 is 12.6. The molecule has 1 saturated heterocycles. The van der Waals surface area contributed by atoms with E-state index in [0.29, 0.717) is 10.6 Å². The fourth-order valence-electron chi connectivity index (χ4n) is 4.12. The van der Waals surface area contributed by atoms with E-state index in [-0.39, 0.29) is 29.4 Å². The summed E-state index contributed by atoms with van der Waals surface area (Å²) in [5.74, 6) is -5.75. The molecule has 0 aliphatic carbocycles. The van der Waals surface area contributed by atoms with Crippen LogP contribution < -0.4 is 4.74 Å². The lowest BCUT2D eigenvalue weighted by molar-refractivity contribution is -0.186. The highest BCUT2D eigenvalue weighted by Gasteiger charge is 2.52. The fourth-order valence-corrected chi connectivity index (χ4v) is 4.68. The summed E-state index contributed by atoms with van der Waals surface area (Å²) in [4.78, 5) is 31.6. The highest BCUT2D eigenvalue weighted by Crippen LogP contribution is 2.42. The molecule has 2 atom stereocenters. The second kappa shape index (κ2) is 10.8. The van der Waals surface area contributed by atoms with Gasteiger partial charge in [-0.25, -0.2) is 18.4 Å². The average Bonchev–Trinajstić information content (AvgIpc) is 3.37. The van der Waals surface area contributed by atoms with Crippen LogP contribution in [0.2, 0.25) is 10.0 Å². The normalized spacial score (nSPS) is 19.9. The zero-order valence-corrected chi connectivity index (χ0v) is 21.2. The maximum Gasteiger partial charge on any atom is 0.340 e. The summed E-state index contributed by atoms with van der Waals surface area (Å²) in [5, 5.41) is 4.65. The van der Waals surface area contributed by atoms with Crippen molar-refractivity contribution in [2.24, 2.45) is 0 Å². The monoisotopic (exact) mass is 574 g/mol. The Morgan fingerprint density at radius 2 is 1.95 bits per heavy atom. The number of morpholine rings is 1. The van der Waals surface area contributed by atoms with Crippen molar-refractivity contribution in [3.8, 4) is 5.75 Å². The van der Waals surface area contributed by atoms with Crippen LogP contribution in [0.25, 0.3) is 0 Å². The molecule has 1 aliphatic heterocycles. The van der Waals surface area contributed by atoms with Crippen LogP contribution >= 0.6 is 23.2 Å². The number of rotatable bonds is 8. The maximum absolute atomic E-state index is 13.5. The van der Waals surface area contributed by atoms with Gasteiger partial charge in [0.1, 0.15) is 24.9 Å². The van der Waals surface area contributed by atoms with E-state index in [0.717, 1.165) is 0 Å². The number of amides is 1. The minimum absolute atomic E-state index is 0.0316. The molecule has 2 heterocycles. The third kappa shape index (κ3) is 5.56. The van der Waals surface area contributed by atoms with Crippen LogP contribution in [0.4, 0.5) is 17.6 Å². The van der Waals surface area contributed by atoms with E-state index < -0.39 is 42.5 Å². The van der Waals surface area contributed by atoms with Crippen LogP contribution in [-0.2, 0) is 21.7 Å². The Bertz CT molecular complexity index is 1310. The summed E-state index contributed by atoms with van der Waals surface area (Å²) in [7, 11) is 0. The van der Waals surface area contributed by atoms with Gasteiger partial charge in [-0.3, -0.25) is 9.59 Å². The minimum Gasteiger partial charge on any atom is -0.487 e. The molecule has 1 fully saturated rings. The molecule has 0 bridgehead atoms. The minimum atomic E-state index is -4.32. The molecule has 38 heavy (non-hydrogen) atoms. The van der Waals surface area contributed by atoms with Crippen molar-refractivity contribution in [3.63, 3.8) is 0 Å². The zero-order chi connectivity index (χ0) is 27.7. The lowest BCUT2D eigenvalue weighted by Crippen LogP contribution is -2.61. The van der Waals surface area contributed by atoms with Gasteiger partial charge in [0.25, 0.3) is 5.91 Å². The Labute approximate surface area is 224 Å². The Balaban J connectivity index is 1.64. The highest BCUT2D eigenvalue weighted by atomic mass is 35.5. The molecule has 1 unspecified atom stereocenters. The Morgan fingerprint density at radius 3 is 2.55 bits per heavy atom. The number of carbonyl (C=O) groups excluding carboxylic acids is 2. The summed E-state index contributed by atoms with van der Waals surface area (Å²) < 4.78 is 63.1. The molecule has 3 aromatic rings. The molecule has 1 aliphatic rings. The third-order valence-corrected chi connectivity index (χ3v) is 6.65. The number of esters is 1. The van der Waals surface area contributed by atoms with Crippen LogP contribution in [-0.4, -0.2) is 63.1 Å². The molecule has 8 nitrogen and oxygen atoms in total. The number of carbonyl (C=O) groups is 2. The van der Waals surface area contributed by atoms with E-state index in [9.17, 15) is 27.2 Å². The van der Waals surface area contributed by atoms with E-state index >= 15 is 0 Å². The summed E-state index contributed by atoms with van der Waals surface area (Å²) in [6, 6.07) is 8.82. The average molecular weight is 575 g/mol. The number of benzene rings is 2. The van der Waals surface area contributed by atoms with Crippen molar-refractivity contribution in [1.29, 1.82) is 0 Å². The highest BCUT2D eigenvalue weighted by molar-refractivity contribution is 6.35. The number of hydrogen-bond acceptors (Lipinski definition) is 6. The Kier molecular flexibility index (Phi) is 7.84. The first-order valence-corrected chi connectivity index (χ1v) is 11.9. The van der Waals surface area contributed by atoms with Gasteiger partial charge in [-0.2, -0.15) is 13.9 Å². The third-order valence-electron chi connectivity index (χ3n) is 6.10. The van der Waals surface area contributed by atoms with E-state index in [4.69, 9.17) is 32.7 Å². The van der Waals surface area contributed by atoms with Crippen LogP contribution in [0.1, 0.15) is 22.8 Å². The number of ether oxygens (including phenoxy) is 2. The number of cyclic esters (lactones) is 1. The predicted octanol–water partition coefficient (Wildman–Crippen LogP) is 4.85. The van der Waals surface area contributed by atoms with Gasteiger partial charge >= 0.3 is 18.3 Å².